The molecule has 3 nitrogen and oxygen atoms in total. The van der Waals surface area contributed by atoms with Gasteiger partial charge < -0.3 is 8.98 Å². The van der Waals surface area contributed by atoms with Crippen molar-refractivity contribution < 1.29 is 4.42 Å². The second-order valence-corrected chi connectivity index (χ2v) is 11.5. The zero-order valence-corrected chi connectivity index (χ0v) is 22.6. The molecule has 0 spiro atoms. The van der Waals surface area contributed by atoms with E-state index in [4.69, 9.17) is 4.42 Å². The highest BCUT2D eigenvalue weighted by Gasteiger charge is 2.20. The summed E-state index contributed by atoms with van der Waals surface area (Å²) in [5.74, 6) is 0. The predicted molar refractivity (Wildman–Crippen MR) is 171 cm³/mol. The molecule has 0 bridgehead atoms. The Hall–Kier alpha value is -5.37. The number of thiophene rings is 1. The van der Waals surface area contributed by atoms with Crippen LogP contribution in [0.2, 0.25) is 0 Å². The van der Waals surface area contributed by atoms with Crippen molar-refractivity contribution in [2.24, 2.45) is 0 Å². The lowest BCUT2D eigenvalue weighted by atomic mass is 9.95. The van der Waals surface area contributed by atoms with Crippen LogP contribution in [-0.4, -0.2) is 4.57 Å². The first kappa shape index (κ1) is 22.4. The highest BCUT2D eigenvalue weighted by molar-refractivity contribution is 7.25. The number of para-hydroxylation sites is 2. The van der Waals surface area contributed by atoms with Gasteiger partial charge >= 0.3 is 0 Å². The van der Waals surface area contributed by atoms with Gasteiger partial charge in [-0.15, -0.1) is 11.3 Å². The minimum absolute atomic E-state index is 0.636. The van der Waals surface area contributed by atoms with E-state index in [0.29, 0.717) is 5.56 Å². The fourth-order valence-corrected chi connectivity index (χ4v) is 7.66. The fourth-order valence-electron chi connectivity index (χ4n) is 6.53. The molecule has 0 fully saturated rings. The number of hydrogen-bond donors (Lipinski definition) is 0. The maximum absolute atomic E-state index is 9.69. The van der Waals surface area contributed by atoms with Crippen LogP contribution in [0.1, 0.15) is 5.56 Å². The third kappa shape index (κ3) is 3.07. The van der Waals surface area contributed by atoms with E-state index in [1.807, 2.05) is 23.5 Å². The number of furan rings is 1. The monoisotopic (exact) mass is 540 g/mol. The number of rotatable bonds is 2. The molecule has 0 aliphatic rings. The molecule has 0 radical (unpaired) electrons. The average molecular weight is 541 g/mol. The quantitative estimate of drug-likeness (QED) is 0.219. The van der Waals surface area contributed by atoms with Crippen molar-refractivity contribution in [3.05, 3.63) is 127 Å². The summed E-state index contributed by atoms with van der Waals surface area (Å²) in [6, 6.07) is 44.6. The molecule has 0 N–H and O–H groups in total. The number of hydrogen-bond acceptors (Lipinski definition) is 3. The van der Waals surface area contributed by atoms with Crippen molar-refractivity contribution in [1.82, 2.24) is 4.57 Å². The van der Waals surface area contributed by atoms with Crippen LogP contribution in [0.5, 0.6) is 0 Å². The third-order valence-corrected chi connectivity index (χ3v) is 9.37. The summed E-state index contributed by atoms with van der Waals surface area (Å²) in [7, 11) is 0. The van der Waals surface area contributed by atoms with E-state index >= 15 is 0 Å². The molecule has 3 heterocycles. The lowest BCUT2D eigenvalue weighted by Crippen LogP contribution is -1.94. The molecule has 6 aromatic carbocycles. The van der Waals surface area contributed by atoms with E-state index < -0.39 is 0 Å². The molecule has 41 heavy (non-hydrogen) atoms. The van der Waals surface area contributed by atoms with Gasteiger partial charge in [0.1, 0.15) is 5.58 Å². The van der Waals surface area contributed by atoms with Crippen LogP contribution in [0.25, 0.3) is 80.7 Å². The first-order valence-electron chi connectivity index (χ1n) is 13.6. The normalized spacial score (nSPS) is 11.9. The van der Waals surface area contributed by atoms with Gasteiger partial charge in [0.15, 0.2) is 5.58 Å². The van der Waals surface area contributed by atoms with Gasteiger partial charge in [-0.2, -0.15) is 5.26 Å². The summed E-state index contributed by atoms with van der Waals surface area (Å²) in [4.78, 5) is 0. The standard InChI is InChI=1S/C37H20N2OS/c38-21-22-18-19-24-23-8-1-3-13-29(23)39(31(24)20-22)30-14-5-12-28-35-25(10-6-15-32(35)40-37(28)30)26-11-7-17-34-36(26)27-9-2-4-16-33(27)41-34/h1-20H. The fraction of sp³-hybridized carbons (Fsp3) is 0. The summed E-state index contributed by atoms with van der Waals surface area (Å²) >= 11 is 1.84. The van der Waals surface area contributed by atoms with Gasteiger partial charge in [-0.05, 0) is 53.6 Å². The summed E-state index contributed by atoms with van der Waals surface area (Å²) < 4.78 is 11.5. The van der Waals surface area contributed by atoms with Gasteiger partial charge in [-0.25, -0.2) is 0 Å². The third-order valence-electron chi connectivity index (χ3n) is 8.24. The Labute approximate surface area is 238 Å². The Balaban J connectivity index is 1.39. The molecule has 0 aliphatic heterocycles. The number of aromatic nitrogens is 1. The maximum Gasteiger partial charge on any atom is 0.159 e. The minimum atomic E-state index is 0.636. The van der Waals surface area contributed by atoms with Crippen LogP contribution in [0.15, 0.2) is 126 Å². The van der Waals surface area contributed by atoms with E-state index in [1.165, 1.54) is 31.3 Å². The van der Waals surface area contributed by atoms with Crippen molar-refractivity contribution >= 4 is 75.3 Å². The summed E-state index contributed by atoms with van der Waals surface area (Å²) in [6.45, 7) is 0. The highest BCUT2D eigenvalue weighted by Crippen LogP contribution is 2.45. The van der Waals surface area contributed by atoms with Gasteiger partial charge in [-0.1, -0.05) is 78.9 Å². The topological polar surface area (TPSA) is 41.9 Å². The van der Waals surface area contributed by atoms with E-state index in [-0.39, 0.29) is 0 Å². The van der Waals surface area contributed by atoms with Crippen molar-refractivity contribution in [2.45, 2.75) is 0 Å². The number of nitriles is 1. The van der Waals surface area contributed by atoms with Crippen LogP contribution in [0.3, 0.4) is 0 Å². The number of benzene rings is 6. The Bertz CT molecular complexity index is 2560. The molecule has 3 aromatic heterocycles. The van der Waals surface area contributed by atoms with E-state index in [0.717, 1.165) is 49.4 Å². The SMILES string of the molecule is N#Cc1ccc2c3ccccc3n(-c3cccc4c3oc3cccc(-c5cccc6sc7ccccc7c56)c34)c2c1. The summed E-state index contributed by atoms with van der Waals surface area (Å²) in [6.07, 6.45) is 0. The molecule has 0 unspecified atom stereocenters. The predicted octanol–water partition coefficient (Wildman–Crippen LogP) is 10.6. The smallest absolute Gasteiger partial charge is 0.159 e. The Morgan fingerprint density at radius 3 is 2.20 bits per heavy atom. The maximum atomic E-state index is 9.69. The van der Waals surface area contributed by atoms with Gasteiger partial charge in [0.25, 0.3) is 0 Å². The van der Waals surface area contributed by atoms with Crippen molar-refractivity contribution in [2.75, 3.05) is 0 Å². The molecule has 0 atom stereocenters. The number of fused-ring (bicyclic) bond motifs is 9. The molecule has 0 saturated carbocycles. The molecular weight excluding hydrogens is 520 g/mol. The molecular formula is C37H20N2OS. The van der Waals surface area contributed by atoms with Crippen molar-refractivity contribution in [3.63, 3.8) is 0 Å². The average Bonchev–Trinajstić information content (AvgIpc) is 3.70. The molecule has 9 rings (SSSR count). The van der Waals surface area contributed by atoms with Crippen LogP contribution < -0.4 is 0 Å². The Kier molecular flexibility index (Phi) is 4.55. The minimum Gasteiger partial charge on any atom is -0.454 e. The molecule has 0 saturated heterocycles. The first-order valence-corrected chi connectivity index (χ1v) is 14.4. The van der Waals surface area contributed by atoms with Crippen molar-refractivity contribution in [3.8, 4) is 22.9 Å². The Morgan fingerprint density at radius 2 is 1.29 bits per heavy atom. The summed E-state index contributed by atoms with van der Waals surface area (Å²) in [5, 5.41) is 16.7. The zero-order chi connectivity index (χ0) is 27.1. The largest absolute Gasteiger partial charge is 0.454 e. The van der Waals surface area contributed by atoms with Gasteiger partial charge in [0, 0.05) is 41.7 Å². The van der Waals surface area contributed by atoms with Gasteiger partial charge in [0.2, 0.25) is 0 Å². The molecule has 0 aliphatic carbocycles. The van der Waals surface area contributed by atoms with E-state index in [2.05, 4.69) is 120 Å². The van der Waals surface area contributed by atoms with Crippen LogP contribution in [0.4, 0.5) is 0 Å². The van der Waals surface area contributed by atoms with Crippen molar-refractivity contribution in [1.29, 1.82) is 5.26 Å². The van der Waals surface area contributed by atoms with E-state index in [1.54, 1.807) is 0 Å². The Morgan fingerprint density at radius 1 is 0.585 bits per heavy atom. The first-order chi connectivity index (χ1) is 20.3. The summed E-state index contributed by atoms with van der Waals surface area (Å²) in [5.41, 5.74) is 7.76. The number of nitrogens with zero attached hydrogens (tertiary/aromatic N) is 2. The molecule has 190 valence electrons. The molecule has 0 amide bonds. The second kappa shape index (κ2) is 8.32. The zero-order valence-electron chi connectivity index (χ0n) is 21.8. The van der Waals surface area contributed by atoms with Crippen LogP contribution in [-0.2, 0) is 0 Å². The van der Waals surface area contributed by atoms with Gasteiger partial charge in [0.05, 0.1) is 28.4 Å². The lowest BCUT2D eigenvalue weighted by molar-refractivity contribution is 0.666. The van der Waals surface area contributed by atoms with Crippen LogP contribution in [0, 0.1) is 11.3 Å². The second-order valence-electron chi connectivity index (χ2n) is 10.4. The van der Waals surface area contributed by atoms with E-state index in [9.17, 15) is 5.26 Å². The highest BCUT2D eigenvalue weighted by atomic mass is 32.1. The lowest BCUT2D eigenvalue weighted by Gasteiger charge is -2.09. The molecule has 4 heteroatoms. The molecule has 9 aromatic rings. The van der Waals surface area contributed by atoms with Gasteiger partial charge in [-0.3, -0.25) is 0 Å². The van der Waals surface area contributed by atoms with Crippen LogP contribution >= 0.6 is 11.3 Å².